The van der Waals surface area contributed by atoms with Crippen molar-refractivity contribution in [2.24, 2.45) is 0 Å². The summed E-state index contributed by atoms with van der Waals surface area (Å²) in [7, 11) is 1.60. The number of para-hydroxylation sites is 1. The van der Waals surface area contributed by atoms with Gasteiger partial charge >= 0.3 is 0 Å². The maximum Gasteiger partial charge on any atom is 0.258 e. The Balaban J connectivity index is 1.67. The van der Waals surface area contributed by atoms with Gasteiger partial charge in [0.25, 0.3) is 5.91 Å². The summed E-state index contributed by atoms with van der Waals surface area (Å²) in [6.45, 7) is 4.80. The maximum atomic E-state index is 13.3. The van der Waals surface area contributed by atoms with Crippen LogP contribution in [-0.4, -0.2) is 40.4 Å². The molecule has 0 bridgehead atoms. The maximum absolute atomic E-state index is 13.3. The van der Waals surface area contributed by atoms with Crippen LogP contribution in [0.2, 0.25) is 0 Å². The van der Waals surface area contributed by atoms with Crippen LogP contribution in [-0.2, 0) is 11.3 Å². The van der Waals surface area contributed by atoms with Crippen molar-refractivity contribution in [1.82, 2.24) is 14.8 Å². The second kappa shape index (κ2) is 7.44. The number of anilines is 1. The summed E-state index contributed by atoms with van der Waals surface area (Å²) >= 11 is 0. The number of carbonyl (C=O) groups is 1. The standard InChI is InChI=1S/C21H22N4O3/c1-14-6-4-9-18-20(14)28-15(2)11-24(18)21(26)16-7-5-8-17(10-16)25-13-22-19(23-25)12-27-3/h4-10,13,15H,11-12H2,1-3H3/t15-/m0/s1. The van der Waals surface area contributed by atoms with Crippen LogP contribution in [0.4, 0.5) is 5.69 Å². The second-order valence-electron chi connectivity index (χ2n) is 6.86. The van der Waals surface area contributed by atoms with Gasteiger partial charge in [0.15, 0.2) is 5.82 Å². The molecule has 3 aromatic rings. The van der Waals surface area contributed by atoms with Crippen LogP contribution in [0.15, 0.2) is 48.8 Å². The van der Waals surface area contributed by atoms with E-state index in [2.05, 4.69) is 10.1 Å². The fraction of sp³-hybridized carbons (Fsp3) is 0.286. The lowest BCUT2D eigenvalue weighted by Crippen LogP contribution is -2.42. The highest BCUT2D eigenvalue weighted by molar-refractivity contribution is 6.07. The van der Waals surface area contributed by atoms with Crippen molar-refractivity contribution in [3.05, 3.63) is 65.7 Å². The number of ether oxygens (including phenoxy) is 2. The van der Waals surface area contributed by atoms with Gasteiger partial charge in [-0.15, -0.1) is 5.10 Å². The normalized spacial score (nSPS) is 15.8. The van der Waals surface area contributed by atoms with Gasteiger partial charge in [-0.05, 0) is 43.7 Å². The molecule has 1 amide bonds. The summed E-state index contributed by atoms with van der Waals surface area (Å²) in [5.41, 5.74) is 3.18. The first kappa shape index (κ1) is 18.2. The summed E-state index contributed by atoms with van der Waals surface area (Å²) in [6, 6.07) is 13.2. The Kier molecular flexibility index (Phi) is 4.83. The summed E-state index contributed by atoms with van der Waals surface area (Å²) in [4.78, 5) is 19.3. The molecule has 7 nitrogen and oxygen atoms in total. The number of carbonyl (C=O) groups excluding carboxylic acids is 1. The van der Waals surface area contributed by atoms with E-state index in [0.29, 0.717) is 24.5 Å². The lowest BCUT2D eigenvalue weighted by Gasteiger charge is -2.34. The van der Waals surface area contributed by atoms with Crippen LogP contribution in [0.1, 0.15) is 28.7 Å². The number of benzene rings is 2. The monoisotopic (exact) mass is 378 g/mol. The molecule has 0 unspecified atom stereocenters. The molecule has 0 radical (unpaired) electrons. The lowest BCUT2D eigenvalue weighted by atomic mass is 10.1. The molecule has 0 N–H and O–H groups in total. The number of hydrogen-bond acceptors (Lipinski definition) is 5. The zero-order valence-corrected chi connectivity index (χ0v) is 16.1. The molecule has 28 heavy (non-hydrogen) atoms. The average molecular weight is 378 g/mol. The van der Waals surface area contributed by atoms with Crippen molar-refractivity contribution < 1.29 is 14.3 Å². The van der Waals surface area contributed by atoms with Crippen molar-refractivity contribution >= 4 is 11.6 Å². The first-order valence-electron chi connectivity index (χ1n) is 9.15. The van der Waals surface area contributed by atoms with Gasteiger partial charge in [0.2, 0.25) is 0 Å². The van der Waals surface area contributed by atoms with Crippen LogP contribution in [0.5, 0.6) is 5.75 Å². The van der Waals surface area contributed by atoms with Gasteiger partial charge in [-0.2, -0.15) is 0 Å². The van der Waals surface area contributed by atoms with E-state index in [1.165, 1.54) is 0 Å². The smallest absolute Gasteiger partial charge is 0.258 e. The molecule has 0 saturated heterocycles. The fourth-order valence-electron chi connectivity index (χ4n) is 3.34. The van der Waals surface area contributed by atoms with E-state index in [1.54, 1.807) is 23.0 Å². The molecular weight excluding hydrogens is 356 g/mol. The van der Waals surface area contributed by atoms with Crippen molar-refractivity contribution in [2.75, 3.05) is 18.6 Å². The van der Waals surface area contributed by atoms with Crippen molar-refractivity contribution in [3.63, 3.8) is 0 Å². The van der Waals surface area contributed by atoms with Crippen molar-refractivity contribution in [1.29, 1.82) is 0 Å². The first-order valence-corrected chi connectivity index (χ1v) is 9.15. The van der Waals surface area contributed by atoms with Crippen LogP contribution >= 0.6 is 0 Å². The molecule has 144 valence electrons. The van der Waals surface area contributed by atoms with E-state index in [1.807, 2.05) is 56.3 Å². The predicted octanol–water partition coefficient (Wildman–Crippen LogP) is 3.15. The number of fused-ring (bicyclic) bond motifs is 1. The molecule has 1 atom stereocenters. The summed E-state index contributed by atoms with van der Waals surface area (Å²) < 4.78 is 12.7. The molecule has 1 aliphatic rings. The SMILES string of the molecule is COCc1ncn(-c2cccc(C(=O)N3C[C@H](C)Oc4c(C)cccc43)c2)n1. The third kappa shape index (κ3) is 3.36. The van der Waals surface area contributed by atoms with E-state index in [-0.39, 0.29) is 12.0 Å². The quantitative estimate of drug-likeness (QED) is 0.698. The van der Waals surface area contributed by atoms with Gasteiger partial charge in [0.05, 0.1) is 17.9 Å². The van der Waals surface area contributed by atoms with E-state index < -0.39 is 0 Å². The zero-order chi connectivity index (χ0) is 19.7. The Morgan fingerprint density at radius 3 is 2.93 bits per heavy atom. The first-order chi connectivity index (χ1) is 13.6. The predicted molar refractivity (Wildman–Crippen MR) is 105 cm³/mol. The minimum Gasteiger partial charge on any atom is -0.486 e. The third-order valence-corrected chi connectivity index (χ3v) is 4.66. The third-order valence-electron chi connectivity index (χ3n) is 4.66. The highest BCUT2D eigenvalue weighted by Gasteiger charge is 2.29. The fourth-order valence-corrected chi connectivity index (χ4v) is 3.34. The molecule has 2 heterocycles. The topological polar surface area (TPSA) is 69.5 Å². The van der Waals surface area contributed by atoms with Crippen molar-refractivity contribution in [3.8, 4) is 11.4 Å². The zero-order valence-electron chi connectivity index (χ0n) is 16.1. The lowest BCUT2D eigenvalue weighted by molar-refractivity contribution is 0.0961. The molecule has 7 heteroatoms. The molecule has 0 fully saturated rings. The number of aryl methyl sites for hydroxylation is 1. The Labute approximate surface area is 163 Å². The van der Waals surface area contributed by atoms with Gasteiger partial charge in [-0.3, -0.25) is 4.79 Å². The molecule has 1 aromatic heterocycles. The van der Waals surface area contributed by atoms with E-state index in [0.717, 1.165) is 22.7 Å². The number of hydrogen-bond donors (Lipinski definition) is 0. The molecule has 4 rings (SSSR count). The number of methoxy groups -OCH3 is 1. The Morgan fingerprint density at radius 2 is 2.11 bits per heavy atom. The van der Waals surface area contributed by atoms with Gasteiger partial charge in [0.1, 0.15) is 24.8 Å². The number of nitrogens with zero attached hydrogens (tertiary/aromatic N) is 4. The Bertz CT molecular complexity index is 1010. The second-order valence-corrected chi connectivity index (χ2v) is 6.86. The highest BCUT2D eigenvalue weighted by atomic mass is 16.5. The van der Waals surface area contributed by atoms with E-state index >= 15 is 0 Å². The van der Waals surface area contributed by atoms with Crippen LogP contribution in [0.25, 0.3) is 5.69 Å². The van der Waals surface area contributed by atoms with E-state index in [4.69, 9.17) is 9.47 Å². The van der Waals surface area contributed by atoms with Crippen molar-refractivity contribution in [2.45, 2.75) is 26.6 Å². The van der Waals surface area contributed by atoms with Gasteiger partial charge < -0.3 is 14.4 Å². The van der Waals surface area contributed by atoms with Gasteiger partial charge in [-0.1, -0.05) is 18.2 Å². The van der Waals surface area contributed by atoms with Gasteiger partial charge in [-0.25, -0.2) is 9.67 Å². The Morgan fingerprint density at radius 1 is 1.29 bits per heavy atom. The minimum absolute atomic E-state index is 0.0684. The Hall–Kier alpha value is -3.19. The van der Waals surface area contributed by atoms with E-state index in [9.17, 15) is 4.79 Å². The number of rotatable bonds is 4. The van der Waals surface area contributed by atoms with Crippen LogP contribution in [0.3, 0.4) is 0 Å². The average Bonchev–Trinajstić information content (AvgIpc) is 3.17. The highest BCUT2D eigenvalue weighted by Crippen LogP contribution is 2.37. The largest absolute Gasteiger partial charge is 0.486 e. The summed E-state index contributed by atoms with van der Waals surface area (Å²) in [6.07, 6.45) is 1.54. The van der Waals surface area contributed by atoms with Gasteiger partial charge in [0, 0.05) is 12.7 Å². The summed E-state index contributed by atoms with van der Waals surface area (Å²) in [5, 5.41) is 4.38. The number of aromatic nitrogens is 3. The molecule has 0 spiro atoms. The molecular formula is C21H22N4O3. The molecule has 2 aromatic carbocycles. The molecule has 0 aliphatic carbocycles. The van der Waals surface area contributed by atoms with Crippen LogP contribution < -0.4 is 9.64 Å². The summed E-state index contributed by atoms with van der Waals surface area (Å²) in [5.74, 6) is 1.29. The molecule has 1 aliphatic heterocycles. The molecule has 0 saturated carbocycles. The van der Waals surface area contributed by atoms with Crippen LogP contribution in [0, 0.1) is 6.92 Å². The number of amides is 1. The minimum atomic E-state index is -0.0762.